The Labute approximate surface area is 129 Å². The van der Waals surface area contributed by atoms with Gasteiger partial charge in [-0.3, -0.25) is 4.57 Å². The Morgan fingerprint density at radius 1 is 1.18 bits per heavy atom. The molecule has 2 aromatic rings. The van der Waals surface area contributed by atoms with E-state index in [4.69, 9.17) is 14.0 Å². The van der Waals surface area contributed by atoms with Crippen LogP contribution in [0.1, 0.15) is 27.7 Å². The summed E-state index contributed by atoms with van der Waals surface area (Å²) >= 11 is 0. The number of nitrogens with zero attached hydrogens (tertiary/aromatic N) is 4. The smallest absolute Gasteiger partial charge is 0.481 e. The predicted octanol–water partition coefficient (Wildman–Crippen LogP) is 0.970. The number of aromatic nitrogens is 4. The Hall–Kier alpha value is -1.93. The molecule has 22 heavy (non-hydrogen) atoms. The number of rotatable bonds is 3. The van der Waals surface area contributed by atoms with Crippen molar-refractivity contribution in [1.29, 1.82) is 0 Å². The van der Waals surface area contributed by atoms with E-state index in [1.807, 2.05) is 27.7 Å². The van der Waals surface area contributed by atoms with Crippen LogP contribution in [0.15, 0.2) is 24.9 Å². The zero-order valence-electron chi connectivity index (χ0n) is 13.4. The molecular formula is C14H19BN4O3. The van der Waals surface area contributed by atoms with Gasteiger partial charge in [-0.25, -0.2) is 9.97 Å². The van der Waals surface area contributed by atoms with Crippen LogP contribution in [0.3, 0.4) is 0 Å². The topological polar surface area (TPSA) is 71.3 Å². The highest BCUT2D eigenvalue weighted by molar-refractivity contribution is 6.63. The molecule has 1 aliphatic heterocycles. The Balaban J connectivity index is 1.95. The van der Waals surface area contributed by atoms with Crippen molar-refractivity contribution in [3.8, 4) is 11.8 Å². The van der Waals surface area contributed by atoms with Gasteiger partial charge in [-0.05, 0) is 27.7 Å². The fourth-order valence-corrected chi connectivity index (χ4v) is 2.16. The van der Waals surface area contributed by atoms with E-state index in [1.54, 1.807) is 36.6 Å². The van der Waals surface area contributed by atoms with E-state index in [0.29, 0.717) is 17.3 Å². The summed E-state index contributed by atoms with van der Waals surface area (Å²) in [5, 5.41) is 0. The zero-order valence-corrected chi connectivity index (χ0v) is 13.4. The van der Waals surface area contributed by atoms with Gasteiger partial charge in [-0.15, -0.1) is 0 Å². The van der Waals surface area contributed by atoms with Gasteiger partial charge in [0, 0.05) is 18.6 Å². The first kappa shape index (κ1) is 15.0. The van der Waals surface area contributed by atoms with Crippen molar-refractivity contribution in [1.82, 2.24) is 19.5 Å². The standard InChI is InChI=1S/C14H19BN4O3/c1-13(2)14(3,4)22-15(21-13)10-8-17-12(18-11(10)20-5)19-7-6-16-9-19/h6-9H,1-5H3. The van der Waals surface area contributed by atoms with E-state index in [1.165, 1.54) is 0 Å². The van der Waals surface area contributed by atoms with Gasteiger partial charge in [0.15, 0.2) is 0 Å². The molecule has 0 amide bonds. The Kier molecular flexibility index (Phi) is 3.45. The van der Waals surface area contributed by atoms with Gasteiger partial charge in [0.2, 0.25) is 11.8 Å². The van der Waals surface area contributed by atoms with E-state index in [-0.39, 0.29) is 0 Å². The summed E-state index contributed by atoms with van der Waals surface area (Å²) in [7, 11) is 1.01. The minimum atomic E-state index is -0.559. The van der Waals surface area contributed by atoms with Crippen molar-refractivity contribution in [3.05, 3.63) is 24.9 Å². The van der Waals surface area contributed by atoms with E-state index in [9.17, 15) is 0 Å². The molecule has 0 bridgehead atoms. The molecule has 8 heteroatoms. The number of methoxy groups -OCH3 is 1. The molecule has 0 aromatic carbocycles. The maximum atomic E-state index is 6.02. The third-order valence-corrected chi connectivity index (χ3v) is 4.20. The molecule has 3 rings (SSSR count). The van der Waals surface area contributed by atoms with Crippen LogP contribution in [0.4, 0.5) is 0 Å². The maximum absolute atomic E-state index is 6.02. The summed E-state index contributed by atoms with van der Waals surface area (Å²) in [5.74, 6) is 0.909. The lowest BCUT2D eigenvalue weighted by Gasteiger charge is -2.32. The first-order valence-corrected chi connectivity index (χ1v) is 7.09. The average molecular weight is 302 g/mol. The van der Waals surface area contributed by atoms with Crippen molar-refractivity contribution < 1.29 is 14.0 Å². The number of hydrogen-bond acceptors (Lipinski definition) is 6. The summed E-state index contributed by atoms with van der Waals surface area (Å²) in [5.41, 5.74) is -0.178. The van der Waals surface area contributed by atoms with E-state index in [2.05, 4.69) is 15.0 Å². The molecule has 3 heterocycles. The zero-order chi connectivity index (χ0) is 16.0. The summed E-state index contributed by atoms with van der Waals surface area (Å²) in [6.45, 7) is 8.00. The van der Waals surface area contributed by atoms with Crippen LogP contribution >= 0.6 is 0 Å². The lowest BCUT2D eigenvalue weighted by atomic mass is 9.81. The first-order valence-electron chi connectivity index (χ1n) is 7.09. The highest BCUT2D eigenvalue weighted by Gasteiger charge is 2.52. The minimum Gasteiger partial charge on any atom is -0.481 e. The number of ether oxygens (including phenoxy) is 1. The highest BCUT2D eigenvalue weighted by atomic mass is 16.7. The van der Waals surface area contributed by atoms with Gasteiger partial charge >= 0.3 is 7.12 Å². The summed E-state index contributed by atoms with van der Waals surface area (Å²) in [6, 6.07) is 0. The van der Waals surface area contributed by atoms with Crippen LogP contribution in [0.2, 0.25) is 0 Å². The van der Waals surface area contributed by atoms with Crippen molar-refractivity contribution in [2.75, 3.05) is 7.11 Å². The third-order valence-electron chi connectivity index (χ3n) is 4.20. The molecule has 116 valence electrons. The Morgan fingerprint density at radius 2 is 1.86 bits per heavy atom. The molecule has 2 aromatic heterocycles. The van der Waals surface area contributed by atoms with Crippen LogP contribution in [0.25, 0.3) is 5.95 Å². The van der Waals surface area contributed by atoms with E-state index in [0.717, 1.165) is 0 Å². The van der Waals surface area contributed by atoms with Crippen molar-refractivity contribution in [2.45, 2.75) is 38.9 Å². The monoisotopic (exact) mass is 302 g/mol. The second-order valence-corrected chi connectivity index (χ2v) is 6.19. The van der Waals surface area contributed by atoms with E-state index < -0.39 is 18.3 Å². The fourth-order valence-electron chi connectivity index (χ4n) is 2.16. The molecule has 1 saturated heterocycles. The second-order valence-electron chi connectivity index (χ2n) is 6.19. The number of hydrogen-bond donors (Lipinski definition) is 0. The second kappa shape index (κ2) is 5.07. The van der Waals surface area contributed by atoms with Gasteiger partial charge in [-0.1, -0.05) is 0 Å². The van der Waals surface area contributed by atoms with Crippen molar-refractivity contribution in [2.24, 2.45) is 0 Å². The normalized spacial score (nSPS) is 19.4. The summed E-state index contributed by atoms with van der Waals surface area (Å²) < 4.78 is 19.1. The summed E-state index contributed by atoms with van der Waals surface area (Å²) in [4.78, 5) is 12.7. The highest BCUT2D eigenvalue weighted by Crippen LogP contribution is 2.36. The van der Waals surface area contributed by atoms with Gasteiger partial charge in [-0.2, -0.15) is 4.98 Å². The molecule has 0 unspecified atom stereocenters. The van der Waals surface area contributed by atoms with Crippen LogP contribution < -0.4 is 10.2 Å². The van der Waals surface area contributed by atoms with Gasteiger partial charge in [0.25, 0.3) is 0 Å². The lowest BCUT2D eigenvalue weighted by molar-refractivity contribution is 0.00578. The molecule has 1 fully saturated rings. The summed E-state index contributed by atoms with van der Waals surface area (Å²) in [6.07, 6.45) is 6.73. The molecule has 7 nitrogen and oxygen atoms in total. The van der Waals surface area contributed by atoms with Gasteiger partial charge in [0.1, 0.15) is 6.33 Å². The molecule has 0 spiro atoms. The molecule has 0 N–H and O–H groups in total. The van der Waals surface area contributed by atoms with Crippen molar-refractivity contribution >= 4 is 12.6 Å². The molecular weight excluding hydrogens is 283 g/mol. The molecule has 0 atom stereocenters. The predicted molar refractivity (Wildman–Crippen MR) is 81.4 cm³/mol. The van der Waals surface area contributed by atoms with Gasteiger partial charge in [0.05, 0.1) is 23.8 Å². The van der Waals surface area contributed by atoms with Crippen LogP contribution in [-0.4, -0.2) is 44.9 Å². The van der Waals surface area contributed by atoms with Crippen LogP contribution in [0.5, 0.6) is 5.88 Å². The maximum Gasteiger partial charge on any atom is 0.502 e. The molecule has 0 radical (unpaired) electrons. The van der Waals surface area contributed by atoms with Crippen molar-refractivity contribution in [3.63, 3.8) is 0 Å². The van der Waals surface area contributed by atoms with Crippen LogP contribution in [-0.2, 0) is 9.31 Å². The number of imidazole rings is 1. The molecule has 0 saturated carbocycles. The third kappa shape index (κ3) is 2.38. The largest absolute Gasteiger partial charge is 0.502 e. The van der Waals surface area contributed by atoms with Crippen LogP contribution in [0, 0.1) is 0 Å². The molecule has 1 aliphatic rings. The molecule has 0 aliphatic carbocycles. The lowest BCUT2D eigenvalue weighted by Crippen LogP contribution is -2.41. The average Bonchev–Trinajstić information content (AvgIpc) is 3.05. The minimum absolute atomic E-state index is 0.425. The quantitative estimate of drug-likeness (QED) is 0.787. The Morgan fingerprint density at radius 3 is 2.41 bits per heavy atom. The Bertz CT molecular complexity index is 657. The van der Waals surface area contributed by atoms with Gasteiger partial charge < -0.3 is 14.0 Å². The SMILES string of the molecule is COc1nc(-n2ccnc2)ncc1B1OC(C)(C)C(C)(C)O1. The first-order chi connectivity index (χ1) is 10.3. The fraction of sp³-hybridized carbons (Fsp3) is 0.500. The van der Waals surface area contributed by atoms with E-state index >= 15 is 0 Å².